The molecule has 6 rings (SSSR count). The summed E-state index contributed by atoms with van der Waals surface area (Å²) in [4.78, 5) is 0. The quantitative estimate of drug-likeness (QED) is 0.253. The number of fused-ring (bicyclic) bond motifs is 3. The maximum atomic E-state index is 2.53. The van der Waals surface area contributed by atoms with Gasteiger partial charge in [0.2, 0.25) is 0 Å². The van der Waals surface area contributed by atoms with E-state index >= 15 is 0 Å². The van der Waals surface area contributed by atoms with E-state index in [1.807, 2.05) is 0 Å². The van der Waals surface area contributed by atoms with Crippen LogP contribution in [0, 0.1) is 0 Å². The molecule has 5 aromatic carbocycles. The Bertz CT molecular complexity index is 1410. The second-order valence-electron chi connectivity index (χ2n) is 9.09. The van der Waals surface area contributed by atoms with Crippen molar-refractivity contribution in [2.75, 3.05) is 0 Å². The Morgan fingerprint density at radius 2 is 1.06 bits per heavy atom. The number of rotatable bonds is 2. The third-order valence-corrected chi connectivity index (χ3v) is 7.08. The van der Waals surface area contributed by atoms with Crippen LogP contribution in [0.2, 0.25) is 0 Å². The van der Waals surface area contributed by atoms with E-state index in [0.29, 0.717) is 0 Å². The summed E-state index contributed by atoms with van der Waals surface area (Å²) >= 11 is 0. The van der Waals surface area contributed by atoms with Crippen LogP contribution in [0.3, 0.4) is 0 Å². The van der Waals surface area contributed by atoms with E-state index < -0.39 is 0 Å². The molecule has 1 aliphatic carbocycles. The predicted octanol–water partition coefficient (Wildman–Crippen LogP) is 9.55. The minimum Gasteiger partial charge on any atom is -0.0807 e. The van der Waals surface area contributed by atoms with E-state index in [9.17, 15) is 0 Å². The molecule has 0 atom stereocenters. The van der Waals surface area contributed by atoms with Gasteiger partial charge < -0.3 is 0 Å². The van der Waals surface area contributed by atoms with Gasteiger partial charge in [0.15, 0.2) is 0 Å². The molecule has 32 heavy (non-hydrogen) atoms. The molecule has 0 heterocycles. The zero-order chi connectivity index (χ0) is 21.3. The van der Waals surface area contributed by atoms with Crippen molar-refractivity contribution in [2.45, 2.75) is 38.5 Å². The molecular weight excluding hydrogens is 384 g/mol. The lowest BCUT2D eigenvalue weighted by molar-refractivity contribution is 0.644. The van der Waals surface area contributed by atoms with Crippen LogP contribution < -0.4 is 0 Å². The van der Waals surface area contributed by atoms with Gasteiger partial charge in [-0.2, -0.15) is 0 Å². The molecule has 0 bridgehead atoms. The number of hydrogen-bond donors (Lipinski definition) is 0. The van der Waals surface area contributed by atoms with Gasteiger partial charge in [0.05, 0.1) is 0 Å². The fourth-order valence-corrected chi connectivity index (χ4v) is 5.55. The molecular formula is C32H28. The normalized spacial score (nSPS) is 14.9. The lowest BCUT2D eigenvalue weighted by Crippen LogP contribution is -1.96. The monoisotopic (exact) mass is 412 g/mol. The lowest BCUT2D eigenvalue weighted by atomic mass is 9.83. The first-order valence-corrected chi connectivity index (χ1v) is 12.0. The zero-order valence-corrected chi connectivity index (χ0v) is 18.5. The highest BCUT2D eigenvalue weighted by Crippen LogP contribution is 2.43. The van der Waals surface area contributed by atoms with Crippen LogP contribution in [-0.4, -0.2) is 0 Å². The molecule has 0 fully saturated rings. The maximum absolute atomic E-state index is 2.53. The maximum Gasteiger partial charge on any atom is -0.00262 e. The summed E-state index contributed by atoms with van der Waals surface area (Å²) in [6, 6.07) is 33.7. The smallest absolute Gasteiger partial charge is 0.00262 e. The third kappa shape index (κ3) is 3.31. The van der Waals surface area contributed by atoms with Gasteiger partial charge in [0, 0.05) is 0 Å². The zero-order valence-electron chi connectivity index (χ0n) is 18.5. The van der Waals surface area contributed by atoms with Crippen LogP contribution in [0.5, 0.6) is 0 Å². The molecule has 1 aliphatic rings. The standard InChI is InChI=1S/C32H28/c1-2-4-13-24(14-5-3-1)31-27-16-8-10-18-29(27)32(30-19-11-9-17-28(30)31)26-21-20-23-12-6-7-15-25(23)22-26/h6-13,15-22H,1-5,14H2. The molecule has 5 aromatic rings. The molecule has 0 heteroatoms. The van der Waals surface area contributed by atoms with Gasteiger partial charge in [-0.15, -0.1) is 0 Å². The molecule has 0 saturated heterocycles. The van der Waals surface area contributed by atoms with Crippen LogP contribution in [0.4, 0.5) is 0 Å². The Morgan fingerprint density at radius 1 is 0.469 bits per heavy atom. The van der Waals surface area contributed by atoms with E-state index in [-0.39, 0.29) is 0 Å². The van der Waals surface area contributed by atoms with Crippen LogP contribution in [0.1, 0.15) is 44.1 Å². The Kier molecular flexibility index (Phi) is 5.00. The van der Waals surface area contributed by atoms with Crippen molar-refractivity contribution in [3.63, 3.8) is 0 Å². The molecule has 0 aromatic heterocycles. The van der Waals surface area contributed by atoms with E-state index in [0.717, 1.165) is 0 Å². The van der Waals surface area contributed by atoms with Crippen LogP contribution in [0.25, 0.3) is 49.0 Å². The summed E-state index contributed by atoms with van der Waals surface area (Å²) in [6.45, 7) is 0. The van der Waals surface area contributed by atoms with Crippen molar-refractivity contribution in [3.8, 4) is 11.1 Å². The van der Waals surface area contributed by atoms with Crippen molar-refractivity contribution in [1.29, 1.82) is 0 Å². The van der Waals surface area contributed by atoms with Gasteiger partial charge in [0.25, 0.3) is 0 Å². The summed E-state index contributed by atoms with van der Waals surface area (Å²) in [5, 5.41) is 8.09. The molecule has 0 unspecified atom stereocenters. The molecule has 0 saturated carbocycles. The number of benzene rings is 5. The van der Waals surface area contributed by atoms with Gasteiger partial charge in [0.1, 0.15) is 0 Å². The van der Waals surface area contributed by atoms with Crippen molar-refractivity contribution in [1.82, 2.24) is 0 Å². The Labute approximate surface area is 190 Å². The Balaban J connectivity index is 1.70. The van der Waals surface area contributed by atoms with Crippen LogP contribution >= 0.6 is 0 Å². The topological polar surface area (TPSA) is 0 Å². The minimum atomic E-state index is 1.18. The SMILES string of the molecule is C1=C(c2c3ccccc3c(-c3ccc4ccccc4c3)c3ccccc23)CCCCCC1. The fraction of sp³-hybridized carbons (Fsp3) is 0.188. The van der Waals surface area contributed by atoms with E-state index in [1.54, 1.807) is 5.57 Å². The predicted molar refractivity (Wildman–Crippen MR) is 140 cm³/mol. The highest BCUT2D eigenvalue weighted by molar-refractivity contribution is 6.19. The summed E-state index contributed by atoms with van der Waals surface area (Å²) < 4.78 is 0. The van der Waals surface area contributed by atoms with E-state index in [1.165, 1.54) is 87.5 Å². The first kappa shape index (κ1) is 19.3. The molecule has 0 amide bonds. The van der Waals surface area contributed by atoms with Crippen molar-refractivity contribution in [3.05, 3.63) is 103 Å². The summed E-state index contributed by atoms with van der Waals surface area (Å²) in [5.41, 5.74) is 5.66. The average Bonchev–Trinajstić information content (AvgIpc) is 2.82. The number of hydrogen-bond acceptors (Lipinski definition) is 0. The molecule has 0 N–H and O–H groups in total. The van der Waals surface area contributed by atoms with Gasteiger partial charge >= 0.3 is 0 Å². The molecule has 156 valence electrons. The summed E-state index contributed by atoms with van der Waals surface area (Å²) in [5.74, 6) is 0. The first-order valence-electron chi connectivity index (χ1n) is 12.0. The first-order chi connectivity index (χ1) is 15.9. The van der Waals surface area contributed by atoms with Crippen LogP contribution in [0.15, 0.2) is 97.1 Å². The van der Waals surface area contributed by atoms with Crippen molar-refractivity contribution < 1.29 is 0 Å². The minimum absolute atomic E-state index is 1.18. The van der Waals surface area contributed by atoms with E-state index in [2.05, 4.69) is 97.1 Å². The molecule has 0 aliphatic heterocycles. The molecule has 0 radical (unpaired) electrons. The Hall–Kier alpha value is -3.38. The highest BCUT2D eigenvalue weighted by Gasteiger charge is 2.18. The molecule has 0 nitrogen and oxygen atoms in total. The largest absolute Gasteiger partial charge is 0.0807 e. The van der Waals surface area contributed by atoms with Gasteiger partial charge in [-0.3, -0.25) is 0 Å². The summed E-state index contributed by atoms with van der Waals surface area (Å²) in [7, 11) is 0. The Morgan fingerprint density at radius 3 is 1.78 bits per heavy atom. The van der Waals surface area contributed by atoms with Crippen molar-refractivity contribution in [2.24, 2.45) is 0 Å². The van der Waals surface area contributed by atoms with E-state index in [4.69, 9.17) is 0 Å². The highest BCUT2D eigenvalue weighted by atomic mass is 14.2. The lowest BCUT2D eigenvalue weighted by Gasteiger charge is -2.20. The number of allylic oxidation sites excluding steroid dienone is 2. The second kappa shape index (κ2) is 8.28. The van der Waals surface area contributed by atoms with Gasteiger partial charge in [-0.1, -0.05) is 104 Å². The van der Waals surface area contributed by atoms with Crippen molar-refractivity contribution >= 4 is 37.9 Å². The average molecular weight is 413 g/mol. The van der Waals surface area contributed by atoms with Crippen LogP contribution in [-0.2, 0) is 0 Å². The summed E-state index contributed by atoms with van der Waals surface area (Å²) in [6.07, 6.45) is 10.2. The van der Waals surface area contributed by atoms with Gasteiger partial charge in [-0.25, -0.2) is 0 Å². The second-order valence-corrected chi connectivity index (χ2v) is 9.09. The fourth-order valence-electron chi connectivity index (χ4n) is 5.55. The van der Waals surface area contributed by atoms with Gasteiger partial charge in [-0.05, 0) is 86.3 Å². The third-order valence-electron chi connectivity index (χ3n) is 7.08. The molecule has 0 spiro atoms.